The van der Waals surface area contributed by atoms with E-state index in [9.17, 15) is 8.42 Å². The monoisotopic (exact) mass is 302 g/mol. The maximum Gasteiger partial charge on any atom is 0.250 e. The topological polar surface area (TPSA) is 58.2 Å². The highest BCUT2D eigenvalue weighted by Crippen LogP contribution is 2.39. The van der Waals surface area contributed by atoms with Gasteiger partial charge in [0.1, 0.15) is 4.21 Å². The van der Waals surface area contributed by atoms with Crippen LogP contribution >= 0.6 is 11.3 Å². The lowest BCUT2D eigenvalue weighted by molar-refractivity contribution is 0.166. The Bertz CT molecular complexity index is 519. The molecule has 0 spiro atoms. The Hall–Kier alpha value is -0.430. The van der Waals surface area contributed by atoms with Gasteiger partial charge in [-0.25, -0.2) is 13.1 Å². The zero-order chi connectivity index (χ0) is 13.9. The van der Waals surface area contributed by atoms with Gasteiger partial charge in [0.15, 0.2) is 0 Å². The molecule has 0 aliphatic heterocycles. The maximum atomic E-state index is 12.2. The predicted octanol–water partition coefficient (Wildman–Crippen LogP) is 1.98. The molecule has 0 bridgehead atoms. The summed E-state index contributed by atoms with van der Waals surface area (Å²) >= 11 is 1.37. The molecule has 19 heavy (non-hydrogen) atoms. The molecular formula is C13H22N2O2S2. The summed E-state index contributed by atoms with van der Waals surface area (Å²) in [4.78, 5) is 1.10. The van der Waals surface area contributed by atoms with E-state index in [0.29, 0.717) is 10.8 Å². The molecule has 1 aromatic rings. The van der Waals surface area contributed by atoms with E-state index in [2.05, 4.69) is 17.0 Å². The fourth-order valence-corrected chi connectivity index (χ4v) is 4.78. The Labute approximate surface area is 119 Å². The summed E-state index contributed by atoms with van der Waals surface area (Å²) in [6, 6.07) is 3.61. The highest BCUT2D eigenvalue weighted by molar-refractivity contribution is 7.91. The highest BCUT2D eigenvalue weighted by atomic mass is 32.2. The van der Waals surface area contributed by atoms with E-state index in [1.54, 1.807) is 6.07 Å². The second kappa shape index (κ2) is 5.91. The van der Waals surface area contributed by atoms with Crippen LogP contribution in [0.25, 0.3) is 0 Å². The Kier molecular flexibility index (Phi) is 4.66. The first-order chi connectivity index (χ1) is 8.95. The molecule has 0 saturated heterocycles. The molecule has 6 heteroatoms. The number of nitrogens with one attached hydrogen (secondary N) is 2. The normalized spacial score (nSPS) is 18.2. The first kappa shape index (κ1) is 15.0. The third-order valence-corrected chi connectivity index (χ3v) is 6.81. The number of thiophene rings is 1. The quantitative estimate of drug-likeness (QED) is 0.810. The van der Waals surface area contributed by atoms with Crippen LogP contribution in [0, 0.1) is 5.41 Å². The summed E-state index contributed by atoms with van der Waals surface area (Å²) in [5, 5.41) is 3.07. The van der Waals surface area contributed by atoms with Gasteiger partial charge < -0.3 is 5.32 Å². The van der Waals surface area contributed by atoms with Crippen LogP contribution < -0.4 is 10.0 Å². The third kappa shape index (κ3) is 3.78. The van der Waals surface area contributed by atoms with Crippen molar-refractivity contribution in [1.82, 2.24) is 10.0 Å². The Morgan fingerprint density at radius 3 is 2.68 bits per heavy atom. The first-order valence-corrected chi connectivity index (χ1v) is 8.98. The molecule has 0 amide bonds. The fourth-order valence-electron chi connectivity index (χ4n) is 2.18. The van der Waals surface area contributed by atoms with Crippen molar-refractivity contribution in [3.8, 4) is 0 Å². The van der Waals surface area contributed by atoms with Gasteiger partial charge in [-0.2, -0.15) is 0 Å². The molecule has 0 unspecified atom stereocenters. The van der Waals surface area contributed by atoms with Crippen molar-refractivity contribution in [1.29, 1.82) is 0 Å². The van der Waals surface area contributed by atoms with Crippen LogP contribution in [0.4, 0.5) is 0 Å². The molecule has 4 nitrogen and oxygen atoms in total. The molecule has 1 heterocycles. The van der Waals surface area contributed by atoms with Gasteiger partial charge in [0.25, 0.3) is 0 Å². The van der Waals surface area contributed by atoms with Gasteiger partial charge in [-0.05, 0) is 50.4 Å². The lowest BCUT2D eigenvalue weighted by Gasteiger charge is -2.38. The van der Waals surface area contributed by atoms with E-state index in [1.807, 2.05) is 13.1 Å². The van der Waals surface area contributed by atoms with Gasteiger partial charge in [0.05, 0.1) is 0 Å². The molecule has 108 valence electrons. The van der Waals surface area contributed by atoms with Gasteiger partial charge in [0.2, 0.25) is 10.0 Å². The van der Waals surface area contributed by atoms with Crippen molar-refractivity contribution in [3.05, 3.63) is 17.0 Å². The average molecular weight is 302 g/mol. The molecule has 1 aliphatic rings. The number of likely N-dealkylation sites (N-methyl/N-ethyl adjacent to an activating group) is 1. The molecule has 0 atom stereocenters. The van der Waals surface area contributed by atoms with E-state index in [-0.39, 0.29) is 5.41 Å². The maximum absolute atomic E-state index is 12.2. The summed E-state index contributed by atoms with van der Waals surface area (Å²) < 4.78 is 27.6. The van der Waals surface area contributed by atoms with E-state index in [1.165, 1.54) is 17.8 Å². The zero-order valence-corrected chi connectivity index (χ0v) is 13.2. The SMILES string of the molecule is CNCCc1ccc(S(=O)(=O)NCC2(C)CCC2)s1. The molecule has 1 aromatic heterocycles. The van der Waals surface area contributed by atoms with Gasteiger partial charge >= 0.3 is 0 Å². The first-order valence-electron chi connectivity index (χ1n) is 6.68. The van der Waals surface area contributed by atoms with E-state index in [0.717, 1.165) is 30.7 Å². The Balaban J connectivity index is 1.96. The van der Waals surface area contributed by atoms with Gasteiger partial charge in [-0.15, -0.1) is 11.3 Å². The van der Waals surface area contributed by atoms with Crippen LogP contribution in [-0.4, -0.2) is 28.6 Å². The van der Waals surface area contributed by atoms with Gasteiger partial charge in [-0.3, -0.25) is 0 Å². The number of rotatable bonds is 7. The van der Waals surface area contributed by atoms with E-state index >= 15 is 0 Å². The molecule has 0 aromatic carbocycles. The van der Waals surface area contributed by atoms with E-state index < -0.39 is 10.0 Å². The predicted molar refractivity (Wildman–Crippen MR) is 79.1 cm³/mol. The minimum absolute atomic E-state index is 0.166. The lowest BCUT2D eigenvalue weighted by Crippen LogP contribution is -2.39. The van der Waals surface area contributed by atoms with Gasteiger partial charge in [0, 0.05) is 11.4 Å². The molecule has 0 radical (unpaired) electrons. The summed E-state index contributed by atoms with van der Waals surface area (Å²) in [5.41, 5.74) is 0.166. The number of hydrogen-bond acceptors (Lipinski definition) is 4. The minimum atomic E-state index is -3.33. The third-order valence-electron chi connectivity index (χ3n) is 3.77. The van der Waals surface area contributed by atoms with Crippen molar-refractivity contribution < 1.29 is 8.42 Å². The van der Waals surface area contributed by atoms with Crippen LogP contribution in [0.2, 0.25) is 0 Å². The largest absolute Gasteiger partial charge is 0.319 e. The summed E-state index contributed by atoms with van der Waals surface area (Å²) in [6.45, 7) is 3.57. The van der Waals surface area contributed by atoms with Crippen LogP contribution in [-0.2, 0) is 16.4 Å². The van der Waals surface area contributed by atoms with Crippen molar-refractivity contribution in [2.75, 3.05) is 20.1 Å². The molecule has 2 rings (SSSR count). The second-order valence-electron chi connectivity index (χ2n) is 5.56. The summed E-state index contributed by atoms with van der Waals surface area (Å²) in [7, 11) is -1.43. The van der Waals surface area contributed by atoms with E-state index in [4.69, 9.17) is 0 Å². The molecule has 1 saturated carbocycles. The highest BCUT2D eigenvalue weighted by Gasteiger charge is 2.33. The van der Waals surface area contributed by atoms with Crippen molar-refractivity contribution in [2.24, 2.45) is 5.41 Å². The fraction of sp³-hybridized carbons (Fsp3) is 0.692. The van der Waals surface area contributed by atoms with Gasteiger partial charge in [-0.1, -0.05) is 13.3 Å². The molecule has 1 fully saturated rings. The summed E-state index contributed by atoms with van der Waals surface area (Å²) in [5.74, 6) is 0. The molecular weight excluding hydrogens is 280 g/mol. The van der Waals surface area contributed by atoms with Crippen LogP contribution in [0.15, 0.2) is 16.3 Å². The Morgan fingerprint density at radius 2 is 2.11 bits per heavy atom. The second-order valence-corrected chi connectivity index (χ2v) is 8.73. The average Bonchev–Trinajstić information content (AvgIpc) is 2.81. The van der Waals surface area contributed by atoms with Crippen molar-refractivity contribution in [3.63, 3.8) is 0 Å². The molecule has 2 N–H and O–H groups in total. The Morgan fingerprint density at radius 1 is 1.37 bits per heavy atom. The number of sulfonamides is 1. The lowest BCUT2D eigenvalue weighted by atomic mass is 9.71. The van der Waals surface area contributed by atoms with Crippen LogP contribution in [0.1, 0.15) is 31.1 Å². The van der Waals surface area contributed by atoms with Crippen LogP contribution in [0.5, 0.6) is 0 Å². The standard InChI is InChI=1S/C13H22N2O2S2/c1-13(7-3-8-13)10-15-19(16,17)12-5-4-11(18-12)6-9-14-2/h4-5,14-15H,3,6-10H2,1-2H3. The minimum Gasteiger partial charge on any atom is -0.319 e. The van der Waals surface area contributed by atoms with Crippen molar-refractivity contribution in [2.45, 2.75) is 36.8 Å². The summed E-state index contributed by atoms with van der Waals surface area (Å²) in [6.07, 6.45) is 4.32. The smallest absolute Gasteiger partial charge is 0.250 e. The van der Waals surface area contributed by atoms with Crippen LogP contribution in [0.3, 0.4) is 0 Å². The molecule has 1 aliphatic carbocycles. The van der Waals surface area contributed by atoms with Crippen molar-refractivity contribution >= 4 is 21.4 Å². The number of hydrogen-bond donors (Lipinski definition) is 2. The zero-order valence-electron chi connectivity index (χ0n) is 11.5.